The van der Waals surface area contributed by atoms with E-state index in [0.29, 0.717) is 11.1 Å². The van der Waals surface area contributed by atoms with Crippen molar-refractivity contribution in [3.63, 3.8) is 0 Å². The topological polar surface area (TPSA) is 87.0 Å². The molecule has 0 radical (unpaired) electrons. The van der Waals surface area contributed by atoms with E-state index in [4.69, 9.17) is 20.1 Å². The van der Waals surface area contributed by atoms with Gasteiger partial charge < -0.3 is 20.1 Å². The standard InChI is InChI=1S/C10H12O5/c1-15-9-3-7(5-12)6(4-11)2-8(9)10(13)14/h2-3,11-12H,4-5H2,1H3,(H,13,14). The Morgan fingerprint density at radius 1 is 1.27 bits per heavy atom. The average molecular weight is 212 g/mol. The molecule has 15 heavy (non-hydrogen) atoms. The Morgan fingerprint density at radius 2 is 1.80 bits per heavy atom. The van der Waals surface area contributed by atoms with Crippen molar-refractivity contribution in [2.24, 2.45) is 0 Å². The molecule has 1 aromatic carbocycles. The van der Waals surface area contributed by atoms with Gasteiger partial charge in [0.2, 0.25) is 0 Å². The molecule has 0 fully saturated rings. The Balaban J connectivity index is 3.34. The zero-order chi connectivity index (χ0) is 11.4. The van der Waals surface area contributed by atoms with Gasteiger partial charge in [-0.25, -0.2) is 4.79 Å². The van der Waals surface area contributed by atoms with Crippen molar-refractivity contribution < 1.29 is 24.9 Å². The maximum Gasteiger partial charge on any atom is 0.339 e. The Kier molecular flexibility index (Phi) is 3.65. The SMILES string of the molecule is COc1cc(CO)c(CO)cc1C(=O)O. The zero-order valence-corrected chi connectivity index (χ0v) is 8.23. The molecular weight excluding hydrogens is 200 g/mol. The highest BCUT2D eigenvalue weighted by Gasteiger charge is 2.14. The van der Waals surface area contributed by atoms with Gasteiger partial charge in [0, 0.05) is 0 Å². The number of rotatable bonds is 4. The third-order valence-electron chi connectivity index (χ3n) is 2.09. The van der Waals surface area contributed by atoms with Crippen molar-refractivity contribution in [3.05, 3.63) is 28.8 Å². The second-order valence-corrected chi connectivity index (χ2v) is 2.94. The monoisotopic (exact) mass is 212 g/mol. The van der Waals surface area contributed by atoms with E-state index in [9.17, 15) is 4.79 Å². The Hall–Kier alpha value is -1.59. The Bertz CT molecular complexity index is 372. The normalized spacial score (nSPS) is 10.1. The van der Waals surface area contributed by atoms with Crippen LogP contribution in [0.25, 0.3) is 0 Å². The second kappa shape index (κ2) is 4.77. The van der Waals surface area contributed by atoms with Crippen LogP contribution in [0.5, 0.6) is 5.75 Å². The van der Waals surface area contributed by atoms with Crippen LogP contribution < -0.4 is 4.74 Å². The van der Waals surface area contributed by atoms with Crippen molar-refractivity contribution in [2.45, 2.75) is 13.2 Å². The van der Waals surface area contributed by atoms with Crippen LogP contribution in [0.4, 0.5) is 0 Å². The summed E-state index contributed by atoms with van der Waals surface area (Å²) in [4.78, 5) is 10.8. The fourth-order valence-electron chi connectivity index (χ4n) is 1.30. The first-order chi connectivity index (χ1) is 7.13. The number of carboxylic acid groups (broad SMARTS) is 1. The van der Waals surface area contributed by atoms with E-state index >= 15 is 0 Å². The number of carboxylic acids is 1. The summed E-state index contributed by atoms with van der Waals surface area (Å²) in [7, 11) is 1.35. The molecule has 0 bridgehead atoms. The van der Waals surface area contributed by atoms with Crippen LogP contribution in [0.1, 0.15) is 21.5 Å². The van der Waals surface area contributed by atoms with Crippen LogP contribution in [0.15, 0.2) is 12.1 Å². The van der Waals surface area contributed by atoms with Crippen molar-refractivity contribution in [3.8, 4) is 5.75 Å². The van der Waals surface area contributed by atoms with Crippen LogP contribution >= 0.6 is 0 Å². The highest BCUT2D eigenvalue weighted by molar-refractivity contribution is 5.91. The second-order valence-electron chi connectivity index (χ2n) is 2.94. The molecule has 5 heteroatoms. The van der Waals surface area contributed by atoms with Crippen LogP contribution in [0.2, 0.25) is 0 Å². The molecule has 1 rings (SSSR count). The summed E-state index contributed by atoms with van der Waals surface area (Å²) in [5, 5.41) is 26.8. The summed E-state index contributed by atoms with van der Waals surface area (Å²) in [6, 6.07) is 2.71. The van der Waals surface area contributed by atoms with E-state index < -0.39 is 5.97 Å². The van der Waals surface area contributed by atoms with Crippen LogP contribution in [-0.2, 0) is 13.2 Å². The van der Waals surface area contributed by atoms with E-state index in [1.807, 2.05) is 0 Å². The molecule has 82 valence electrons. The molecule has 0 amide bonds. The van der Waals surface area contributed by atoms with E-state index in [1.165, 1.54) is 19.2 Å². The first-order valence-electron chi connectivity index (χ1n) is 4.28. The van der Waals surface area contributed by atoms with E-state index in [0.717, 1.165) is 0 Å². The third-order valence-corrected chi connectivity index (χ3v) is 2.09. The van der Waals surface area contributed by atoms with E-state index in [-0.39, 0.29) is 24.5 Å². The summed E-state index contributed by atoms with van der Waals surface area (Å²) in [6.45, 7) is -0.591. The summed E-state index contributed by atoms with van der Waals surface area (Å²) < 4.78 is 4.88. The molecule has 3 N–H and O–H groups in total. The molecule has 5 nitrogen and oxygen atoms in total. The minimum absolute atomic E-state index is 0.0289. The molecular formula is C10H12O5. The van der Waals surface area contributed by atoms with Gasteiger partial charge in [-0.15, -0.1) is 0 Å². The largest absolute Gasteiger partial charge is 0.496 e. The first-order valence-corrected chi connectivity index (χ1v) is 4.28. The van der Waals surface area contributed by atoms with E-state index in [1.54, 1.807) is 0 Å². The highest BCUT2D eigenvalue weighted by Crippen LogP contribution is 2.24. The van der Waals surface area contributed by atoms with Gasteiger partial charge >= 0.3 is 5.97 Å². The molecule has 0 saturated heterocycles. The van der Waals surface area contributed by atoms with Gasteiger partial charge in [0.15, 0.2) is 0 Å². The highest BCUT2D eigenvalue weighted by atomic mass is 16.5. The maximum absolute atomic E-state index is 10.8. The smallest absolute Gasteiger partial charge is 0.339 e. The molecule has 0 spiro atoms. The minimum atomic E-state index is -1.13. The molecule has 0 aliphatic heterocycles. The van der Waals surface area contributed by atoms with Crippen molar-refractivity contribution in [2.75, 3.05) is 7.11 Å². The fraction of sp³-hybridized carbons (Fsp3) is 0.300. The minimum Gasteiger partial charge on any atom is -0.496 e. The van der Waals surface area contributed by atoms with Crippen molar-refractivity contribution in [1.29, 1.82) is 0 Å². The predicted molar refractivity (Wildman–Crippen MR) is 51.8 cm³/mol. The number of methoxy groups -OCH3 is 1. The van der Waals surface area contributed by atoms with Crippen LogP contribution in [0, 0.1) is 0 Å². The number of benzene rings is 1. The summed E-state index contributed by atoms with van der Waals surface area (Å²) in [6.07, 6.45) is 0. The lowest BCUT2D eigenvalue weighted by Crippen LogP contribution is -2.04. The number of carbonyl (C=O) groups is 1. The van der Waals surface area contributed by atoms with Gasteiger partial charge in [-0.05, 0) is 23.3 Å². The predicted octanol–water partition coefficient (Wildman–Crippen LogP) is 0.378. The van der Waals surface area contributed by atoms with Gasteiger partial charge in [0.05, 0.1) is 20.3 Å². The molecule has 0 unspecified atom stereocenters. The van der Waals surface area contributed by atoms with Gasteiger partial charge in [-0.2, -0.15) is 0 Å². The molecule has 0 saturated carbocycles. The van der Waals surface area contributed by atoms with Crippen LogP contribution in [0.3, 0.4) is 0 Å². The summed E-state index contributed by atoms with van der Waals surface area (Å²) in [5.74, 6) is -0.963. The fourth-order valence-corrected chi connectivity index (χ4v) is 1.30. The molecule has 0 aliphatic rings. The molecule has 0 heterocycles. The lowest BCUT2D eigenvalue weighted by molar-refractivity contribution is 0.0693. The summed E-state index contributed by atoms with van der Waals surface area (Å²) in [5.41, 5.74) is 0.814. The van der Waals surface area contributed by atoms with Gasteiger partial charge in [-0.1, -0.05) is 0 Å². The molecule has 1 aromatic rings. The number of aliphatic hydroxyl groups is 2. The maximum atomic E-state index is 10.8. The lowest BCUT2D eigenvalue weighted by Gasteiger charge is -2.10. The van der Waals surface area contributed by atoms with Crippen LogP contribution in [-0.4, -0.2) is 28.4 Å². The Labute approximate surface area is 86.5 Å². The van der Waals surface area contributed by atoms with E-state index in [2.05, 4.69) is 0 Å². The number of ether oxygens (including phenoxy) is 1. The first kappa shape index (κ1) is 11.5. The lowest BCUT2D eigenvalue weighted by atomic mass is 10.0. The van der Waals surface area contributed by atoms with Crippen molar-refractivity contribution >= 4 is 5.97 Å². The zero-order valence-electron chi connectivity index (χ0n) is 8.23. The number of hydrogen-bond acceptors (Lipinski definition) is 4. The Morgan fingerprint density at radius 3 is 2.20 bits per heavy atom. The quantitative estimate of drug-likeness (QED) is 0.671. The number of aliphatic hydroxyl groups excluding tert-OH is 2. The van der Waals surface area contributed by atoms with Gasteiger partial charge in [0.1, 0.15) is 11.3 Å². The van der Waals surface area contributed by atoms with Gasteiger partial charge in [0.25, 0.3) is 0 Å². The average Bonchev–Trinajstić information content (AvgIpc) is 2.26. The number of aromatic carboxylic acids is 1. The van der Waals surface area contributed by atoms with Crippen molar-refractivity contribution in [1.82, 2.24) is 0 Å². The third kappa shape index (κ3) is 2.26. The molecule has 0 aliphatic carbocycles. The molecule has 0 atom stereocenters. The van der Waals surface area contributed by atoms with Gasteiger partial charge in [-0.3, -0.25) is 0 Å². The summed E-state index contributed by atoms with van der Waals surface area (Å²) >= 11 is 0. The number of hydrogen-bond donors (Lipinski definition) is 3. The molecule has 0 aromatic heterocycles.